The first-order chi connectivity index (χ1) is 18.2. The van der Waals surface area contributed by atoms with Gasteiger partial charge < -0.3 is 10.1 Å². The number of carbonyl (C=O) groups is 1. The van der Waals surface area contributed by atoms with Gasteiger partial charge >= 0.3 is 6.18 Å². The van der Waals surface area contributed by atoms with Crippen LogP contribution in [-0.4, -0.2) is 51.6 Å². The van der Waals surface area contributed by atoms with Gasteiger partial charge in [0.15, 0.2) is 0 Å². The van der Waals surface area contributed by atoms with Crippen LogP contribution in [0.5, 0.6) is 0 Å². The average Bonchev–Trinajstić information content (AvgIpc) is 2.89. The van der Waals surface area contributed by atoms with Crippen molar-refractivity contribution in [3.05, 3.63) is 93.8 Å². The van der Waals surface area contributed by atoms with E-state index >= 15 is 0 Å². The highest BCUT2D eigenvalue weighted by Gasteiger charge is 2.31. The lowest BCUT2D eigenvalue weighted by atomic mass is 10.1. The van der Waals surface area contributed by atoms with Crippen molar-refractivity contribution in [3.63, 3.8) is 0 Å². The van der Waals surface area contributed by atoms with E-state index < -0.39 is 23.2 Å². The Morgan fingerprint density at radius 1 is 1.03 bits per heavy atom. The molecule has 0 atom stereocenters. The molecule has 1 amide bonds. The van der Waals surface area contributed by atoms with E-state index in [1.165, 1.54) is 19.1 Å². The van der Waals surface area contributed by atoms with Crippen molar-refractivity contribution in [2.24, 2.45) is 0 Å². The highest BCUT2D eigenvalue weighted by atomic mass is 19.4. The molecule has 4 aromatic rings. The molecule has 1 saturated heterocycles. The quantitative estimate of drug-likeness (QED) is 0.422. The van der Waals surface area contributed by atoms with Crippen LogP contribution in [0.4, 0.5) is 18.9 Å². The summed E-state index contributed by atoms with van der Waals surface area (Å²) in [5, 5.41) is 2.82. The third-order valence-electron chi connectivity index (χ3n) is 6.27. The minimum Gasteiger partial charge on any atom is -0.379 e. The fraction of sp³-hybridized carbons (Fsp3) is 0.259. The van der Waals surface area contributed by atoms with Gasteiger partial charge in [0.2, 0.25) is 0 Å². The van der Waals surface area contributed by atoms with E-state index in [4.69, 9.17) is 4.74 Å². The molecule has 0 unspecified atom stereocenters. The van der Waals surface area contributed by atoms with Crippen molar-refractivity contribution in [2.45, 2.75) is 19.6 Å². The van der Waals surface area contributed by atoms with Gasteiger partial charge in [-0.25, -0.2) is 9.97 Å². The Morgan fingerprint density at radius 3 is 2.53 bits per heavy atom. The third-order valence-corrected chi connectivity index (χ3v) is 6.27. The predicted molar refractivity (Wildman–Crippen MR) is 135 cm³/mol. The van der Waals surface area contributed by atoms with E-state index in [0.29, 0.717) is 25.3 Å². The largest absolute Gasteiger partial charge is 0.416 e. The summed E-state index contributed by atoms with van der Waals surface area (Å²) in [6.45, 7) is 4.96. The van der Waals surface area contributed by atoms with Crippen molar-refractivity contribution in [2.75, 3.05) is 31.6 Å². The number of hydrogen-bond acceptors (Lipinski definition) is 6. The third kappa shape index (κ3) is 5.29. The monoisotopic (exact) mass is 523 g/mol. The molecule has 0 bridgehead atoms. The fourth-order valence-corrected chi connectivity index (χ4v) is 4.44. The standard InChI is InChI=1S/C27H24F3N5O3/c1-17-31-21-8-4-9-22(24(21)26(37)35(17)20-7-2-5-18(15-20)27(28,29)30)33-25(36)23-10-3-6-19(32-23)16-34-11-13-38-14-12-34/h2-10,15H,11-14,16H2,1H3,(H,33,36). The maximum absolute atomic E-state index is 13.6. The van der Waals surface area contributed by atoms with Crippen molar-refractivity contribution < 1.29 is 22.7 Å². The molecule has 2 aromatic carbocycles. The van der Waals surface area contributed by atoms with E-state index in [-0.39, 0.29) is 28.3 Å². The van der Waals surface area contributed by atoms with E-state index in [1.54, 1.807) is 30.3 Å². The minimum absolute atomic E-state index is 0.0235. The Labute approximate surface area is 215 Å². The molecule has 2 aromatic heterocycles. The summed E-state index contributed by atoms with van der Waals surface area (Å²) in [6.07, 6.45) is -4.57. The topological polar surface area (TPSA) is 89.4 Å². The molecule has 1 aliphatic rings. The normalized spacial score (nSPS) is 14.5. The number of hydrogen-bond donors (Lipinski definition) is 1. The van der Waals surface area contributed by atoms with E-state index in [2.05, 4.69) is 20.2 Å². The maximum atomic E-state index is 13.6. The summed E-state index contributed by atoms with van der Waals surface area (Å²) in [5.41, 5.74) is -0.0699. The molecule has 11 heteroatoms. The van der Waals surface area contributed by atoms with Gasteiger partial charge in [-0.15, -0.1) is 0 Å². The van der Waals surface area contributed by atoms with Gasteiger partial charge in [-0.3, -0.25) is 19.1 Å². The van der Waals surface area contributed by atoms with E-state index in [1.807, 2.05) is 6.07 Å². The second-order valence-corrected chi connectivity index (χ2v) is 8.90. The molecule has 1 N–H and O–H groups in total. The van der Waals surface area contributed by atoms with Crippen LogP contribution < -0.4 is 10.9 Å². The Bertz CT molecular complexity index is 1560. The molecule has 0 saturated carbocycles. The number of halogens is 3. The zero-order valence-electron chi connectivity index (χ0n) is 20.5. The second kappa shape index (κ2) is 10.3. The first kappa shape index (κ1) is 25.6. The summed E-state index contributed by atoms with van der Waals surface area (Å²) in [4.78, 5) is 37.8. The van der Waals surface area contributed by atoms with Crippen molar-refractivity contribution >= 4 is 22.5 Å². The number of alkyl halides is 3. The van der Waals surface area contributed by atoms with Crippen LogP contribution in [-0.2, 0) is 17.5 Å². The van der Waals surface area contributed by atoms with Gasteiger partial charge in [0.25, 0.3) is 11.5 Å². The Balaban J connectivity index is 1.49. The summed E-state index contributed by atoms with van der Waals surface area (Å²) in [6, 6.07) is 14.4. The zero-order chi connectivity index (χ0) is 26.9. The van der Waals surface area contributed by atoms with Crippen LogP contribution in [0.15, 0.2) is 65.5 Å². The lowest BCUT2D eigenvalue weighted by molar-refractivity contribution is -0.137. The number of ether oxygens (including phenoxy) is 1. The maximum Gasteiger partial charge on any atom is 0.416 e. The molecule has 1 fully saturated rings. The number of fused-ring (bicyclic) bond motifs is 1. The Hall–Kier alpha value is -4.09. The predicted octanol–water partition coefficient (Wildman–Crippen LogP) is 4.19. The van der Waals surface area contributed by atoms with E-state index in [0.717, 1.165) is 35.5 Å². The number of aryl methyl sites for hydroxylation is 1. The minimum atomic E-state index is -4.57. The summed E-state index contributed by atoms with van der Waals surface area (Å²) < 4.78 is 46.4. The molecule has 8 nitrogen and oxygen atoms in total. The van der Waals surface area contributed by atoms with Crippen molar-refractivity contribution in [3.8, 4) is 5.69 Å². The van der Waals surface area contributed by atoms with Crippen LogP contribution in [0.1, 0.15) is 27.6 Å². The van der Waals surface area contributed by atoms with Gasteiger partial charge in [-0.2, -0.15) is 13.2 Å². The average molecular weight is 524 g/mol. The summed E-state index contributed by atoms with van der Waals surface area (Å²) in [5.74, 6) is -0.310. The number of nitrogens with zero attached hydrogens (tertiary/aromatic N) is 4. The molecule has 0 aliphatic carbocycles. The Kier molecular flexibility index (Phi) is 6.96. The van der Waals surface area contributed by atoms with Crippen LogP contribution in [0.25, 0.3) is 16.6 Å². The SMILES string of the molecule is Cc1nc2cccc(NC(=O)c3cccc(CN4CCOCC4)n3)c2c(=O)n1-c1cccc(C(F)(F)F)c1. The number of morpholine rings is 1. The first-order valence-corrected chi connectivity index (χ1v) is 12.0. The molecular weight excluding hydrogens is 499 g/mol. The molecule has 38 heavy (non-hydrogen) atoms. The smallest absolute Gasteiger partial charge is 0.379 e. The van der Waals surface area contributed by atoms with Gasteiger partial charge in [0, 0.05) is 19.6 Å². The number of anilines is 1. The molecule has 196 valence electrons. The number of rotatable bonds is 5. The van der Waals surface area contributed by atoms with E-state index in [9.17, 15) is 22.8 Å². The number of aromatic nitrogens is 3. The van der Waals surface area contributed by atoms with Gasteiger partial charge in [0.05, 0.1) is 46.7 Å². The lowest BCUT2D eigenvalue weighted by Gasteiger charge is -2.26. The highest BCUT2D eigenvalue weighted by Crippen LogP contribution is 2.30. The van der Waals surface area contributed by atoms with Gasteiger partial charge in [-0.05, 0) is 49.4 Å². The van der Waals surface area contributed by atoms with Crippen molar-refractivity contribution in [1.29, 1.82) is 0 Å². The fourth-order valence-electron chi connectivity index (χ4n) is 4.44. The number of benzene rings is 2. The summed E-state index contributed by atoms with van der Waals surface area (Å²) >= 11 is 0. The van der Waals surface area contributed by atoms with Gasteiger partial charge in [0.1, 0.15) is 11.5 Å². The zero-order valence-corrected chi connectivity index (χ0v) is 20.5. The first-order valence-electron chi connectivity index (χ1n) is 12.0. The molecule has 0 radical (unpaired) electrons. The molecule has 5 rings (SSSR count). The van der Waals surface area contributed by atoms with Crippen LogP contribution >= 0.6 is 0 Å². The lowest BCUT2D eigenvalue weighted by Crippen LogP contribution is -2.36. The van der Waals surface area contributed by atoms with Crippen molar-refractivity contribution in [1.82, 2.24) is 19.4 Å². The summed E-state index contributed by atoms with van der Waals surface area (Å²) in [7, 11) is 0. The molecular formula is C27H24F3N5O3. The molecule has 3 heterocycles. The highest BCUT2D eigenvalue weighted by molar-refractivity contribution is 6.07. The van der Waals surface area contributed by atoms with Gasteiger partial charge in [-0.1, -0.05) is 18.2 Å². The van der Waals surface area contributed by atoms with Crippen LogP contribution in [0.3, 0.4) is 0 Å². The molecule has 1 aliphatic heterocycles. The Morgan fingerprint density at radius 2 is 1.76 bits per heavy atom. The number of nitrogens with one attached hydrogen (secondary N) is 1. The van der Waals surface area contributed by atoms with Crippen LogP contribution in [0, 0.1) is 6.92 Å². The number of carbonyl (C=O) groups excluding carboxylic acids is 1. The van der Waals surface area contributed by atoms with Crippen LogP contribution in [0.2, 0.25) is 0 Å². The number of amides is 1. The molecule has 0 spiro atoms. The number of pyridine rings is 1. The second-order valence-electron chi connectivity index (χ2n) is 8.90.